The van der Waals surface area contributed by atoms with Crippen LogP contribution in [0.3, 0.4) is 0 Å². The molecule has 72 heavy (non-hydrogen) atoms. The maximum atomic E-state index is 6.66. The smallest absolute Gasteiger partial charge is 0.136 e. The maximum Gasteiger partial charge on any atom is 0.136 e. The van der Waals surface area contributed by atoms with Gasteiger partial charge in [-0.2, -0.15) is 0 Å². The van der Waals surface area contributed by atoms with Gasteiger partial charge in [-0.25, -0.2) is 0 Å². The number of nitrogens with zero attached hydrogens (tertiary/aromatic N) is 2. The summed E-state index contributed by atoms with van der Waals surface area (Å²) in [6.07, 6.45) is 0. The first kappa shape index (κ1) is 38.9. The van der Waals surface area contributed by atoms with Gasteiger partial charge < -0.3 is 18.0 Å². The molecule has 0 aliphatic heterocycles. The largest absolute Gasteiger partial charge is 0.456 e. The van der Waals surface area contributed by atoms with Gasteiger partial charge in [-0.1, -0.05) is 115 Å². The molecule has 0 spiro atoms. The van der Waals surface area contributed by atoms with Crippen molar-refractivity contribution in [2.24, 2.45) is 0 Å². The molecule has 0 atom stereocenters. The van der Waals surface area contributed by atoms with E-state index in [9.17, 15) is 0 Å². The van der Waals surface area contributed by atoms with Crippen LogP contribution in [-0.2, 0) is 0 Å². The first-order valence-electron chi connectivity index (χ1n) is 24.4. The van der Waals surface area contributed by atoms with Gasteiger partial charge in [-0.15, -0.1) is 22.7 Å². The summed E-state index contributed by atoms with van der Waals surface area (Å²) in [4.78, 5) is 0. The fraction of sp³-hybridized carbons (Fsp3) is 0. The van der Waals surface area contributed by atoms with Crippen LogP contribution >= 0.6 is 22.7 Å². The molecular weight excluding hydrogens is 917 g/mol. The van der Waals surface area contributed by atoms with Gasteiger partial charge in [-0.05, 0) is 125 Å². The molecular formula is C66H36N2O2S2. The minimum Gasteiger partial charge on any atom is -0.456 e. The third kappa shape index (κ3) is 5.29. The predicted molar refractivity (Wildman–Crippen MR) is 306 cm³/mol. The molecule has 334 valence electrons. The van der Waals surface area contributed by atoms with Gasteiger partial charge in [0, 0.05) is 94.8 Å². The van der Waals surface area contributed by atoms with Crippen molar-refractivity contribution in [3.8, 4) is 33.6 Å². The number of aromatic nitrogens is 2. The Morgan fingerprint density at radius 1 is 0.278 bits per heavy atom. The van der Waals surface area contributed by atoms with E-state index < -0.39 is 0 Å². The van der Waals surface area contributed by atoms with Crippen LogP contribution in [0.5, 0.6) is 0 Å². The van der Waals surface area contributed by atoms with Crippen LogP contribution < -0.4 is 0 Å². The fourth-order valence-electron chi connectivity index (χ4n) is 12.2. The molecule has 6 aromatic heterocycles. The number of rotatable bonds is 4. The van der Waals surface area contributed by atoms with Crippen molar-refractivity contribution in [1.82, 2.24) is 9.13 Å². The van der Waals surface area contributed by atoms with Crippen molar-refractivity contribution in [2.45, 2.75) is 0 Å². The summed E-state index contributed by atoms with van der Waals surface area (Å²) in [6.45, 7) is 0. The van der Waals surface area contributed by atoms with Gasteiger partial charge in [0.15, 0.2) is 0 Å². The Morgan fingerprint density at radius 3 is 1.56 bits per heavy atom. The Balaban J connectivity index is 0.775. The Morgan fingerprint density at radius 2 is 0.792 bits per heavy atom. The molecule has 0 bridgehead atoms. The molecule has 0 radical (unpaired) electrons. The van der Waals surface area contributed by atoms with Crippen LogP contribution in [0.2, 0.25) is 0 Å². The normalized spacial score (nSPS) is 12.4. The van der Waals surface area contributed by atoms with Gasteiger partial charge in [0.05, 0.1) is 22.1 Å². The molecule has 6 heterocycles. The molecule has 17 rings (SSSR count). The minimum atomic E-state index is 0.893. The molecule has 0 fully saturated rings. The summed E-state index contributed by atoms with van der Waals surface area (Å²) in [5, 5.41) is 14.6. The van der Waals surface area contributed by atoms with Crippen molar-refractivity contribution in [1.29, 1.82) is 0 Å². The predicted octanol–water partition coefficient (Wildman–Crippen LogP) is 19.7. The quantitative estimate of drug-likeness (QED) is 0.176. The molecule has 0 unspecified atom stereocenters. The van der Waals surface area contributed by atoms with E-state index in [4.69, 9.17) is 8.83 Å². The number of benzene rings is 11. The zero-order valence-corrected chi connectivity index (χ0v) is 39.9. The average Bonchev–Trinajstić information content (AvgIpc) is 4.29. The van der Waals surface area contributed by atoms with Crippen molar-refractivity contribution in [3.05, 3.63) is 218 Å². The summed E-state index contributed by atoms with van der Waals surface area (Å²) in [6, 6.07) is 79.9. The van der Waals surface area contributed by atoms with Crippen molar-refractivity contribution in [2.75, 3.05) is 0 Å². The third-order valence-electron chi connectivity index (χ3n) is 15.3. The van der Waals surface area contributed by atoms with Crippen LogP contribution in [0.1, 0.15) is 0 Å². The van der Waals surface area contributed by atoms with Crippen molar-refractivity contribution in [3.63, 3.8) is 0 Å². The standard InChI is InChI=1S/C66H36N2O2S2/c1-5-16-51-45(11-1)62-53(27-30-57-64(62)47-13-3-7-18-55(47)69-57)67(51)40-24-20-37(21-25-40)42-14-9-15-44-48-34-39(23-32-61(48)72-66(42)44)38-22-29-56-50(35-38)65-58(70-56)31-28-54-63(65)46-12-2-6-17-52(46)68(54)41-26-33-60-49(36-41)43-10-4-8-19-59(43)71-60/h1-36H. The topological polar surface area (TPSA) is 36.1 Å². The Hall–Kier alpha value is -8.94. The number of thiophene rings is 2. The van der Waals surface area contributed by atoms with E-state index in [1.54, 1.807) is 0 Å². The molecule has 4 nitrogen and oxygen atoms in total. The van der Waals surface area contributed by atoms with E-state index >= 15 is 0 Å². The summed E-state index contributed by atoms with van der Waals surface area (Å²) < 4.78 is 23.0. The summed E-state index contributed by atoms with van der Waals surface area (Å²) in [5.74, 6) is 0. The molecule has 0 saturated heterocycles. The average molecular weight is 953 g/mol. The second-order valence-electron chi connectivity index (χ2n) is 19.1. The van der Waals surface area contributed by atoms with Gasteiger partial charge in [-0.3, -0.25) is 0 Å². The van der Waals surface area contributed by atoms with Crippen LogP contribution in [0, 0.1) is 0 Å². The lowest BCUT2D eigenvalue weighted by molar-refractivity contribution is 0.669. The molecule has 0 amide bonds. The number of furan rings is 2. The monoisotopic (exact) mass is 952 g/mol. The first-order chi connectivity index (χ1) is 35.7. The molecule has 6 heteroatoms. The first-order valence-corrected chi connectivity index (χ1v) is 26.0. The highest BCUT2D eigenvalue weighted by Gasteiger charge is 2.22. The molecule has 0 aliphatic rings. The molecule has 0 aliphatic carbocycles. The maximum absolute atomic E-state index is 6.66. The Kier molecular flexibility index (Phi) is 7.73. The molecule has 11 aromatic carbocycles. The van der Waals surface area contributed by atoms with Crippen molar-refractivity contribution >= 4 is 151 Å². The molecule has 0 N–H and O–H groups in total. The summed E-state index contributed by atoms with van der Waals surface area (Å²) in [7, 11) is 0. The second kappa shape index (κ2) is 14.3. The lowest BCUT2D eigenvalue weighted by Crippen LogP contribution is -1.93. The van der Waals surface area contributed by atoms with Crippen LogP contribution in [-0.4, -0.2) is 9.13 Å². The fourth-order valence-corrected chi connectivity index (χ4v) is 14.5. The lowest BCUT2D eigenvalue weighted by atomic mass is 9.98. The number of para-hydroxylation sites is 3. The SMILES string of the molecule is c1ccc2c(c1)oc1ccc3c(c4ccccc4n3-c3ccc(-c4cccc5c4sc4ccc(-c6ccc7oc8ccc9c(c%10ccccc%10n9-c9ccc%10sc%11ccccc%11c%10c9)c8c7c6)cc45)cc3)c12. The number of hydrogen-bond acceptors (Lipinski definition) is 4. The van der Waals surface area contributed by atoms with Gasteiger partial charge in [0.2, 0.25) is 0 Å². The second-order valence-corrected chi connectivity index (χ2v) is 21.2. The Labute approximate surface area is 418 Å². The third-order valence-corrected chi connectivity index (χ3v) is 17.7. The Bertz CT molecular complexity index is 5170. The minimum absolute atomic E-state index is 0.893. The number of hydrogen-bond donors (Lipinski definition) is 0. The van der Waals surface area contributed by atoms with E-state index in [0.717, 1.165) is 49.9 Å². The zero-order valence-electron chi connectivity index (χ0n) is 38.3. The van der Waals surface area contributed by atoms with Crippen LogP contribution in [0.4, 0.5) is 0 Å². The van der Waals surface area contributed by atoms with Crippen LogP contribution in [0.25, 0.3) is 161 Å². The zero-order chi connectivity index (χ0) is 46.8. The van der Waals surface area contributed by atoms with Gasteiger partial charge >= 0.3 is 0 Å². The highest BCUT2D eigenvalue weighted by Crippen LogP contribution is 2.47. The van der Waals surface area contributed by atoms with E-state index in [2.05, 4.69) is 221 Å². The number of fused-ring (bicyclic) bond motifs is 20. The summed E-state index contributed by atoms with van der Waals surface area (Å²) in [5.41, 5.74) is 15.4. The van der Waals surface area contributed by atoms with E-state index in [0.29, 0.717) is 0 Å². The molecule has 17 aromatic rings. The van der Waals surface area contributed by atoms with Gasteiger partial charge in [0.25, 0.3) is 0 Å². The van der Waals surface area contributed by atoms with Crippen LogP contribution in [0.15, 0.2) is 227 Å². The van der Waals surface area contributed by atoms with E-state index in [1.807, 2.05) is 28.7 Å². The highest BCUT2D eigenvalue weighted by molar-refractivity contribution is 7.26. The van der Waals surface area contributed by atoms with E-state index in [1.165, 1.54) is 112 Å². The molecule has 0 saturated carbocycles. The van der Waals surface area contributed by atoms with Gasteiger partial charge in [0.1, 0.15) is 22.3 Å². The van der Waals surface area contributed by atoms with E-state index in [-0.39, 0.29) is 0 Å². The lowest BCUT2D eigenvalue weighted by Gasteiger charge is -2.10. The highest BCUT2D eigenvalue weighted by atomic mass is 32.1. The van der Waals surface area contributed by atoms with Crippen molar-refractivity contribution < 1.29 is 8.83 Å². The summed E-state index contributed by atoms with van der Waals surface area (Å²) >= 11 is 3.73.